The van der Waals surface area contributed by atoms with Crippen LogP contribution in [0.1, 0.15) is 36.8 Å². The maximum Gasteiger partial charge on any atom is 0.317 e. The number of hydrogen-bond acceptors (Lipinski definition) is 2. The average molecular weight is 389 g/mol. The zero-order valence-corrected chi connectivity index (χ0v) is 16.6. The van der Waals surface area contributed by atoms with Gasteiger partial charge >= 0.3 is 6.03 Å². The van der Waals surface area contributed by atoms with Gasteiger partial charge in [0.15, 0.2) is 0 Å². The summed E-state index contributed by atoms with van der Waals surface area (Å²) in [5, 5.41) is 3.44. The summed E-state index contributed by atoms with van der Waals surface area (Å²) in [6.45, 7) is 8.08. The quantitative estimate of drug-likeness (QED) is 0.844. The van der Waals surface area contributed by atoms with Crippen molar-refractivity contribution in [3.63, 3.8) is 0 Å². The molecule has 6 nitrogen and oxygen atoms in total. The number of carbonyl (C=O) groups excluding carboxylic acids is 2. The molecule has 7 heteroatoms. The minimum Gasteiger partial charge on any atom is -0.366 e. The first kappa shape index (κ1) is 19.3. The Morgan fingerprint density at radius 1 is 1.19 bits per heavy atom. The molecular formula is C20H25ClN4O2. The van der Waals surface area contributed by atoms with Crippen LogP contribution in [0.5, 0.6) is 0 Å². The molecule has 1 aliphatic rings. The highest BCUT2D eigenvalue weighted by Gasteiger charge is 2.31. The van der Waals surface area contributed by atoms with Crippen molar-refractivity contribution < 1.29 is 9.59 Å². The Bertz CT molecular complexity index is 868. The van der Waals surface area contributed by atoms with Gasteiger partial charge in [-0.1, -0.05) is 62.7 Å². The normalized spacial score (nSPS) is 14.0. The molecule has 3 rings (SSSR count). The highest BCUT2D eigenvalue weighted by molar-refractivity contribution is 6.33. The van der Waals surface area contributed by atoms with Crippen molar-refractivity contribution in [1.29, 1.82) is 0 Å². The van der Waals surface area contributed by atoms with Gasteiger partial charge in [-0.2, -0.15) is 0 Å². The van der Waals surface area contributed by atoms with Crippen LogP contribution >= 0.6 is 11.6 Å². The molecule has 0 spiro atoms. The van der Waals surface area contributed by atoms with E-state index in [9.17, 15) is 9.59 Å². The van der Waals surface area contributed by atoms with Gasteiger partial charge in [-0.05, 0) is 11.0 Å². The third kappa shape index (κ3) is 3.95. The summed E-state index contributed by atoms with van der Waals surface area (Å²) >= 11 is 6.61. The lowest BCUT2D eigenvalue weighted by atomic mass is 9.97. The number of nitrogens with two attached hydrogens (primary N) is 1. The number of amides is 3. The number of nitrogens with one attached hydrogen (secondary N) is 1. The van der Waals surface area contributed by atoms with Gasteiger partial charge < -0.3 is 20.5 Å². The largest absolute Gasteiger partial charge is 0.366 e. The lowest BCUT2D eigenvalue weighted by molar-refractivity contribution is 0.0997. The van der Waals surface area contributed by atoms with Crippen molar-refractivity contribution >= 4 is 23.5 Å². The lowest BCUT2D eigenvalue weighted by Gasteiger charge is -2.30. The van der Waals surface area contributed by atoms with Crippen LogP contribution in [0.25, 0.3) is 11.1 Å². The van der Waals surface area contributed by atoms with Crippen molar-refractivity contribution in [3.05, 3.63) is 46.7 Å². The van der Waals surface area contributed by atoms with E-state index in [1.165, 1.54) is 0 Å². The molecular weight excluding hydrogens is 364 g/mol. The summed E-state index contributed by atoms with van der Waals surface area (Å²) in [7, 11) is 0. The maximum absolute atomic E-state index is 12.6. The number of aromatic nitrogens is 1. The topological polar surface area (TPSA) is 80.4 Å². The van der Waals surface area contributed by atoms with Crippen LogP contribution in [0, 0.1) is 5.41 Å². The van der Waals surface area contributed by atoms with Gasteiger partial charge in [-0.25, -0.2) is 4.79 Å². The maximum atomic E-state index is 12.6. The predicted molar refractivity (Wildman–Crippen MR) is 107 cm³/mol. The monoisotopic (exact) mass is 388 g/mol. The predicted octanol–water partition coefficient (Wildman–Crippen LogP) is 3.48. The fourth-order valence-electron chi connectivity index (χ4n) is 3.27. The number of hydrogen-bond donors (Lipinski definition) is 2. The molecule has 0 bridgehead atoms. The zero-order chi connectivity index (χ0) is 19.8. The van der Waals surface area contributed by atoms with Gasteiger partial charge in [-0.15, -0.1) is 0 Å². The number of primary amides is 1. The second kappa shape index (κ2) is 7.27. The van der Waals surface area contributed by atoms with Crippen molar-refractivity contribution in [3.8, 4) is 11.1 Å². The van der Waals surface area contributed by atoms with Gasteiger partial charge in [0.05, 0.1) is 17.8 Å². The number of benzene rings is 1. The summed E-state index contributed by atoms with van der Waals surface area (Å²) in [6.07, 6.45) is 0. The molecule has 144 valence electrons. The van der Waals surface area contributed by atoms with Crippen molar-refractivity contribution in [2.45, 2.75) is 33.9 Å². The molecule has 1 aliphatic heterocycles. The van der Waals surface area contributed by atoms with Crippen LogP contribution in [0.3, 0.4) is 0 Å². The Morgan fingerprint density at radius 3 is 2.44 bits per heavy atom. The summed E-state index contributed by atoms with van der Waals surface area (Å²) in [5.41, 5.74) is 8.23. The van der Waals surface area contributed by atoms with Crippen molar-refractivity contribution in [2.24, 2.45) is 11.1 Å². The Hall–Kier alpha value is -2.47. The molecule has 1 aromatic heterocycles. The molecule has 0 fully saturated rings. The van der Waals surface area contributed by atoms with Crippen LogP contribution in [0.4, 0.5) is 4.79 Å². The first-order valence-corrected chi connectivity index (χ1v) is 9.35. The van der Waals surface area contributed by atoms with Gasteiger partial charge in [0, 0.05) is 25.2 Å². The second-order valence-corrected chi connectivity index (χ2v) is 8.37. The lowest BCUT2D eigenvalue weighted by Crippen LogP contribution is -2.46. The molecule has 0 unspecified atom stereocenters. The molecule has 1 aromatic carbocycles. The molecule has 2 heterocycles. The van der Waals surface area contributed by atoms with Crippen molar-refractivity contribution in [2.75, 3.05) is 13.1 Å². The van der Waals surface area contributed by atoms with Gasteiger partial charge in [0.25, 0.3) is 5.91 Å². The summed E-state index contributed by atoms with van der Waals surface area (Å²) in [5.74, 6) is -0.540. The number of rotatable bonds is 3. The highest BCUT2D eigenvalue weighted by atomic mass is 35.5. The summed E-state index contributed by atoms with van der Waals surface area (Å²) in [4.78, 5) is 26.5. The number of urea groups is 1. The number of fused-ring (bicyclic) bond motifs is 1. The van der Waals surface area contributed by atoms with E-state index >= 15 is 0 Å². The number of nitrogens with zero attached hydrogens (tertiary/aromatic N) is 2. The molecule has 0 atom stereocenters. The molecule has 0 radical (unpaired) electrons. The Labute approximate surface area is 164 Å². The third-order valence-electron chi connectivity index (χ3n) is 4.61. The second-order valence-electron chi connectivity index (χ2n) is 8.01. The Morgan fingerprint density at radius 2 is 1.85 bits per heavy atom. The molecule has 2 aromatic rings. The molecule has 0 saturated carbocycles. The van der Waals surface area contributed by atoms with Gasteiger partial charge in [0.2, 0.25) is 0 Å². The third-order valence-corrected chi connectivity index (χ3v) is 5.00. The van der Waals surface area contributed by atoms with E-state index in [4.69, 9.17) is 17.3 Å². The average Bonchev–Trinajstić information content (AvgIpc) is 2.92. The van der Waals surface area contributed by atoms with Crippen LogP contribution in [0.2, 0.25) is 5.15 Å². The van der Waals surface area contributed by atoms with Crippen LogP contribution in [-0.2, 0) is 13.1 Å². The Kier molecular flexibility index (Phi) is 5.20. The van der Waals surface area contributed by atoms with Crippen LogP contribution < -0.4 is 11.1 Å². The van der Waals surface area contributed by atoms with E-state index < -0.39 is 5.91 Å². The highest BCUT2D eigenvalue weighted by Crippen LogP contribution is 2.38. The van der Waals surface area contributed by atoms with E-state index in [2.05, 4.69) is 26.1 Å². The van der Waals surface area contributed by atoms with E-state index in [0.717, 1.165) is 5.56 Å². The number of carbonyl (C=O) groups is 2. The standard InChI is InChI=1S/C20H25ClN4O2/c1-20(2,3)12-23-19(27)24-9-10-25-14(11-24)16(18(22)26)15(17(25)21)13-7-5-4-6-8-13/h4-8H,9-12H2,1-3H3,(H2,22,26)(H,23,27). The fourth-order valence-corrected chi connectivity index (χ4v) is 3.66. The SMILES string of the molecule is CC(C)(C)CNC(=O)N1CCn2c(Cl)c(-c3ccccc3)c(C(N)=O)c2C1. The zero-order valence-electron chi connectivity index (χ0n) is 15.9. The molecule has 27 heavy (non-hydrogen) atoms. The van der Waals surface area contributed by atoms with Gasteiger partial charge in [0.1, 0.15) is 5.15 Å². The number of halogens is 1. The van der Waals surface area contributed by atoms with E-state index in [-0.39, 0.29) is 11.4 Å². The molecule has 0 aliphatic carbocycles. The van der Waals surface area contributed by atoms with Crippen molar-refractivity contribution in [1.82, 2.24) is 14.8 Å². The fraction of sp³-hybridized carbons (Fsp3) is 0.400. The Balaban J connectivity index is 1.95. The first-order valence-electron chi connectivity index (χ1n) is 8.98. The molecule has 0 saturated heterocycles. The van der Waals surface area contributed by atoms with E-state index in [1.54, 1.807) is 4.90 Å². The first-order chi connectivity index (χ1) is 12.7. The van der Waals surface area contributed by atoms with Crippen LogP contribution in [0.15, 0.2) is 30.3 Å². The van der Waals surface area contributed by atoms with E-state index in [1.807, 2.05) is 34.9 Å². The molecule has 3 N–H and O–H groups in total. The summed E-state index contributed by atoms with van der Waals surface area (Å²) < 4.78 is 1.89. The van der Waals surface area contributed by atoms with Crippen LogP contribution in [-0.4, -0.2) is 34.5 Å². The van der Waals surface area contributed by atoms with E-state index in [0.29, 0.717) is 48.2 Å². The minimum absolute atomic E-state index is 0.00612. The smallest absolute Gasteiger partial charge is 0.317 e. The molecule has 3 amide bonds. The minimum atomic E-state index is -0.540. The summed E-state index contributed by atoms with van der Waals surface area (Å²) in [6, 6.07) is 9.32. The van der Waals surface area contributed by atoms with Gasteiger partial charge in [-0.3, -0.25) is 4.79 Å².